The molecule has 5 heteroatoms. The van der Waals surface area contributed by atoms with Crippen molar-refractivity contribution in [2.45, 2.75) is 19.8 Å². The van der Waals surface area contributed by atoms with Gasteiger partial charge in [0.15, 0.2) is 11.5 Å². The maximum atomic E-state index is 4.39. The molecule has 0 saturated carbocycles. The minimum absolute atomic E-state index is 0.819. The molecule has 2 rings (SSSR count). The molecular formula is C10H15N5. The average molecular weight is 205 g/mol. The molecule has 0 radical (unpaired) electrons. The van der Waals surface area contributed by atoms with Crippen LogP contribution in [0.4, 0.5) is 0 Å². The zero-order valence-electron chi connectivity index (χ0n) is 9.06. The second-order valence-electron chi connectivity index (χ2n) is 3.57. The van der Waals surface area contributed by atoms with Gasteiger partial charge in [0.05, 0.1) is 5.69 Å². The highest BCUT2D eigenvalue weighted by molar-refractivity contribution is 5.35. The Bertz CT molecular complexity index is 448. The Hall–Kier alpha value is -1.49. The summed E-state index contributed by atoms with van der Waals surface area (Å²) in [6.07, 6.45) is 1.95. The first kappa shape index (κ1) is 10.0. The van der Waals surface area contributed by atoms with Gasteiger partial charge < -0.3 is 5.32 Å². The molecule has 80 valence electrons. The topological polar surface area (TPSA) is 55.1 Å². The molecule has 0 spiro atoms. The molecule has 0 bridgehead atoms. The maximum absolute atomic E-state index is 4.39. The fourth-order valence-electron chi connectivity index (χ4n) is 1.50. The Morgan fingerprint density at radius 2 is 2.20 bits per heavy atom. The van der Waals surface area contributed by atoms with Crippen LogP contribution in [0.3, 0.4) is 0 Å². The summed E-state index contributed by atoms with van der Waals surface area (Å²) in [6.45, 7) is 2.96. The quantitative estimate of drug-likeness (QED) is 0.742. The van der Waals surface area contributed by atoms with E-state index in [1.54, 1.807) is 0 Å². The molecule has 0 unspecified atom stereocenters. The van der Waals surface area contributed by atoms with Crippen LogP contribution in [0.2, 0.25) is 0 Å². The predicted octanol–water partition coefficient (Wildman–Crippen LogP) is 0.585. The van der Waals surface area contributed by atoms with Gasteiger partial charge in [0.2, 0.25) is 0 Å². The molecule has 0 saturated heterocycles. The van der Waals surface area contributed by atoms with E-state index in [9.17, 15) is 0 Å². The Labute approximate surface area is 88.5 Å². The van der Waals surface area contributed by atoms with Crippen LogP contribution >= 0.6 is 0 Å². The molecule has 1 N–H and O–H groups in total. The van der Waals surface area contributed by atoms with Crippen LogP contribution in [0.1, 0.15) is 17.9 Å². The van der Waals surface area contributed by atoms with E-state index in [1.807, 2.05) is 30.6 Å². The lowest BCUT2D eigenvalue weighted by Crippen LogP contribution is -2.10. The SMILES string of the molecule is CNCCCc1nnc2ccc(C)nn12. The first-order valence-corrected chi connectivity index (χ1v) is 5.14. The van der Waals surface area contributed by atoms with Crippen LogP contribution in [0.15, 0.2) is 12.1 Å². The van der Waals surface area contributed by atoms with Crippen LogP contribution in [0, 0.1) is 6.92 Å². The Balaban J connectivity index is 2.23. The highest BCUT2D eigenvalue weighted by Gasteiger charge is 2.05. The number of fused-ring (bicyclic) bond motifs is 1. The van der Waals surface area contributed by atoms with Gasteiger partial charge >= 0.3 is 0 Å². The lowest BCUT2D eigenvalue weighted by Gasteiger charge is -1.99. The van der Waals surface area contributed by atoms with E-state index in [0.717, 1.165) is 36.6 Å². The van der Waals surface area contributed by atoms with Gasteiger partial charge in [-0.25, -0.2) is 0 Å². The van der Waals surface area contributed by atoms with Gasteiger partial charge in [0.1, 0.15) is 0 Å². The first-order valence-electron chi connectivity index (χ1n) is 5.14. The van der Waals surface area contributed by atoms with E-state index >= 15 is 0 Å². The van der Waals surface area contributed by atoms with Gasteiger partial charge in [-0.3, -0.25) is 0 Å². The summed E-state index contributed by atoms with van der Waals surface area (Å²) < 4.78 is 1.82. The van der Waals surface area contributed by atoms with Crippen molar-refractivity contribution < 1.29 is 0 Å². The standard InChI is InChI=1S/C10H15N5/c1-8-5-6-10-13-12-9(15(10)14-8)4-3-7-11-2/h5-6,11H,3-4,7H2,1-2H3. The second kappa shape index (κ2) is 4.35. The largest absolute Gasteiger partial charge is 0.320 e. The van der Waals surface area contributed by atoms with Gasteiger partial charge in [-0.15, -0.1) is 10.2 Å². The highest BCUT2D eigenvalue weighted by Crippen LogP contribution is 2.04. The van der Waals surface area contributed by atoms with E-state index in [1.165, 1.54) is 0 Å². The van der Waals surface area contributed by atoms with Crippen molar-refractivity contribution in [1.29, 1.82) is 0 Å². The van der Waals surface area contributed by atoms with Crippen molar-refractivity contribution in [2.75, 3.05) is 13.6 Å². The summed E-state index contributed by atoms with van der Waals surface area (Å²) in [5, 5.41) is 15.7. The molecule has 2 aromatic rings. The predicted molar refractivity (Wildman–Crippen MR) is 57.8 cm³/mol. The van der Waals surface area contributed by atoms with Crippen molar-refractivity contribution in [3.8, 4) is 0 Å². The third-order valence-corrected chi connectivity index (χ3v) is 2.29. The lowest BCUT2D eigenvalue weighted by molar-refractivity contribution is 0.682. The fourth-order valence-corrected chi connectivity index (χ4v) is 1.50. The van der Waals surface area contributed by atoms with Crippen LogP contribution in [0.5, 0.6) is 0 Å². The number of nitrogens with zero attached hydrogens (tertiary/aromatic N) is 4. The third kappa shape index (κ3) is 2.12. The van der Waals surface area contributed by atoms with Crippen molar-refractivity contribution in [3.63, 3.8) is 0 Å². The van der Waals surface area contributed by atoms with E-state index in [-0.39, 0.29) is 0 Å². The van der Waals surface area contributed by atoms with E-state index < -0.39 is 0 Å². The second-order valence-corrected chi connectivity index (χ2v) is 3.57. The third-order valence-electron chi connectivity index (χ3n) is 2.29. The smallest absolute Gasteiger partial charge is 0.177 e. The molecule has 0 aliphatic carbocycles. The monoisotopic (exact) mass is 205 g/mol. The van der Waals surface area contributed by atoms with Gasteiger partial charge in [0, 0.05) is 6.42 Å². The minimum Gasteiger partial charge on any atom is -0.320 e. The van der Waals surface area contributed by atoms with Crippen molar-refractivity contribution in [1.82, 2.24) is 25.1 Å². The Morgan fingerprint density at radius 3 is 3.00 bits per heavy atom. The molecule has 5 nitrogen and oxygen atoms in total. The van der Waals surface area contributed by atoms with Gasteiger partial charge in [0.25, 0.3) is 0 Å². The molecule has 0 amide bonds. The lowest BCUT2D eigenvalue weighted by atomic mass is 10.3. The van der Waals surface area contributed by atoms with Crippen molar-refractivity contribution in [3.05, 3.63) is 23.7 Å². The first-order chi connectivity index (χ1) is 7.31. The number of rotatable bonds is 4. The van der Waals surface area contributed by atoms with Gasteiger partial charge in [-0.1, -0.05) is 0 Å². The van der Waals surface area contributed by atoms with E-state index in [4.69, 9.17) is 0 Å². The normalized spacial score (nSPS) is 11.1. The summed E-state index contributed by atoms with van der Waals surface area (Å²) >= 11 is 0. The van der Waals surface area contributed by atoms with E-state index in [2.05, 4.69) is 20.6 Å². The molecule has 2 aromatic heterocycles. The molecule has 0 aromatic carbocycles. The Morgan fingerprint density at radius 1 is 1.33 bits per heavy atom. The zero-order chi connectivity index (χ0) is 10.7. The molecule has 15 heavy (non-hydrogen) atoms. The number of aromatic nitrogens is 4. The van der Waals surface area contributed by atoms with E-state index in [0.29, 0.717) is 0 Å². The summed E-state index contributed by atoms with van der Waals surface area (Å²) in [5.41, 5.74) is 1.80. The van der Waals surface area contributed by atoms with Crippen LogP contribution < -0.4 is 5.32 Å². The minimum atomic E-state index is 0.819. The molecule has 0 aliphatic rings. The molecule has 0 fully saturated rings. The summed E-state index contributed by atoms with van der Waals surface area (Å²) in [5.74, 6) is 0.934. The van der Waals surface area contributed by atoms with Crippen molar-refractivity contribution >= 4 is 5.65 Å². The molecule has 0 atom stereocenters. The highest BCUT2D eigenvalue weighted by atomic mass is 15.4. The van der Waals surface area contributed by atoms with Crippen LogP contribution in [-0.4, -0.2) is 33.4 Å². The summed E-state index contributed by atoms with van der Waals surface area (Å²) in [6, 6.07) is 3.89. The molecule has 0 aliphatic heterocycles. The number of nitrogens with one attached hydrogen (secondary N) is 1. The number of hydrogen-bond donors (Lipinski definition) is 1. The van der Waals surface area contributed by atoms with Crippen LogP contribution in [0.25, 0.3) is 5.65 Å². The van der Waals surface area contributed by atoms with Gasteiger partial charge in [-0.2, -0.15) is 9.61 Å². The number of hydrogen-bond acceptors (Lipinski definition) is 4. The fraction of sp³-hybridized carbons (Fsp3) is 0.500. The summed E-state index contributed by atoms with van der Waals surface area (Å²) in [4.78, 5) is 0. The summed E-state index contributed by atoms with van der Waals surface area (Å²) in [7, 11) is 1.95. The maximum Gasteiger partial charge on any atom is 0.177 e. The van der Waals surface area contributed by atoms with Crippen LogP contribution in [-0.2, 0) is 6.42 Å². The average Bonchev–Trinajstić information content (AvgIpc) is 2.62. The zero-order valence-corrected chi connectivity index (χ0v) is 9.06. The number of aryl methyl sites for hydroxylation is 2. The Kier molecular flexibility index (Phi) is 2.91. The molecular weight excluding hydrogens is 190 g/mol. The van der Waals surface area contributed by atoms with Crippen molar-refractivity contribution in [2.24, 2.45) is 0 Å². The van der Waals surface area contributed by atoms with Gasteiger partial charge in [-0.05, 0) is 39.1 Å². The molecule has 2 heterocycles.